The van der Waals surface area contributed by atoms with Crippen molar-refractivity contribution in [1.29, 1.82) is 0 Å². The Kier molecular flexibility index (Phi) is 2.23. The second kappa shape index (κ2) is 3.75. The van der Waals surface area contributed by atoms with Gasteiger partial charge in [0.05, 0.1) is 5.52 Å². The number of hydrogen-bond acceptors (Lipinski definition) is 3. The maximum absolute atomic E-state index is 5.97. The maximum Gasteiger partial charge on any atom is 0.156 e. The van der Waals surface area contributed by atoms with Crippen molar-refractivity contribution < 1.29 is 0 Å². The molecule has 17 heavy (non-hydrogen) atoms. The van der Waals surface area contributed by atoms with Gasteiger partial charge in [-0.3, -0.25) is 0 Å². The SMILES string of the molecule is Nc1ccc(-c2nc3c(Cl)nccc3[nH]2)cc1. The van der Waals surface area contributed by atoms with Crippen LogP contribution in [0.15, 0.2) is 36.5 Å². The zero-order valence-electron chi connectivity index (χ0n) is 8.81. The van der Waals surface area contributed by atoms with Gasteiger partial charge in [-0.2, -0.15) is 0 Å². The molecule has 0 spiro atoms. The molecule has 1 aromatic carbocycles. The Labute approximate surface area is 102 Å². The normalized spacial score (nSPS) is 10.9. The van der Waals surface area contributed by atoms with E-state index in [9.17, 15) is 0 Å². The maximum atomic E-state index is 5.97. The first kappa shape index (κ1) is 10.1. The minimum absolute atomic E-state index is 0.403. The van der Waals surface area contributed by atoms with E-state index in [1.807, 2.05) is 30.3 Å². The lowest BCUT2D eigenvalue weighted by Crippen LogP contribution is -1.84. The van der Waals surface area contributed by atoms with Crippen LogP contribution in [0.3, 0.4) is 0 Å². The van der Waals surface area contributed by atoms with Crippen LogP contribution in [0.1, 0.15) is 0 Å². The molecule has 0 fully saturated rings. The monoisotopic (exact) mass is 244 g/mol. The molecule has 3 aromatic rings. The summed E-state index contributed by atoms with van der Waals surface area (Å²) in [5.41, 5.74) is 8.89. The topological polar surface area (TPSA) is 67.6 Å². The number of nitrogens with two attached hydrogens (primary N) is 1. The lowest BCUT2D eigenvalue weighted by Gasteiger charge is -1.96. The summed E-state index contributed by atoms with van der Waals surface area (Å²) in [6.45, 7) is 0. The second-order valence-electron chi connectivity index (χ2n) is 3.71. The Morgan fingerprint density at radius 2 is 1.88 bits per heavy atom. The number of H-pyrrole nitrogens is 1. The minimum Gasteiger partial charge on any atom is -0.399 e. The van der Waals surface area contributed by atoms with Gasteiger partial charge in [-0.25, -0.2) is 9.97 Å². The summed E-state index contributed by atoms with van der Waals surface area (Å²) in [5.74, 6) is 0.759. The van der Waals surface area contributed by atoms with Gasteiger partial charge < -0.3 is 10.7 Å². The van der Waals surface area contributed by atoms with Crippen molar-refractivity contribution in [2.45, 2.75) is 0 Å². The van der Waals surface area contributed by atoms with Crippen LogP contribution in [0.5, 0.6) is 0 Å². The highest BCUT2D eigenvalue weighted by Crippen LogP contribution is 2.24. The smallest absolute Gasteiger partial charge is 0.156 e. The van der Waals surface area contributed by atoms with E-state index >= 15 is 0 Å². The molecule has 0 atom stereocenters. The third-order valence-electron chi connectivity index (χ3n) is 2.54. The molecule has 0 aliphatic rings. The lowest BCUT2D eigenvalue weighted by molar-refractivity contribution is 1.33. The average molecular weight is 245 g/mol. The summed E-state index contributed by atoms with van der Waals surface area (Å²) >= 11 is 5.97. The quantitative estimate of drug-likeness (QED) is 0.511. The molecule has 2 aromatic heterocycles. The van der Waals surface area contributed by atoms with E-state index in [2.05, 4.69) is 15.0 Å². The molecule has 0 saturated carbocycles. The summed E-state index contributed by atoms with van der Waals surface area (Å²) in [5, 5.41) is 0.403. The Morgan fingerprint density at radius 1 is 1.12 bits per heavy atom. The van der Waals surface area contributed by atoms with Gasteiger partial charge >= 0.3 is 0 Å². The van der Waals surface area contributed by atoms with Gasteiger partial charge in [0.2, 0.25) is 0 Å². The lowest BCUT2D eigenvalue weighted by atomic mass is 10.2. The van der Waals surface area contributed by atoms with Gasteiger partial charge in [0.1, 0.15) is 11.3 Å². The third-order valence-corrected chi connectivity index (χ3v) is 2.82. The molecule has 84 valence electrons. The number of rotatable bonds is 1. The van der Waals surface area contributed by atoms with Gasteiger partial charge in [0, 0.05) is 17.4 Å². The number of fused-ring (bicyclic) bond motifs is 1. The minimum atomic E-state index is 0.403. The first-order valence-electron chi connectivity index (χ1n) is 5.10. The second-order valence-corrected chi connectivity index (χ2v) is 4.06. The largest absolute Gasteiger partial charge is 0.399 e. The molecule has 3 N–H and O–H groups in total. The Morgan fingerprint density at radius 3 is 2.59 bits per heavy atom. The highest BCUT2D eigenvalue weighted by Gasteiger charge is 2.08. The number of nitrogens with zero attached hydrogens (tertiary/aromatic N) is 2. The fraction of sp³-hybridized carbons (Fsp3) is 0. The van der Waals surface area contributed by atoms with Crippen LogP contribution in [0.2, 0.25) is 5.15 Å². The van der Waals surface area contributed by atoms with E-state index in [-0.39, 0.29) is 0 Å². The van der Waals surface area contributed by atoms with E-state index in [0.717, 1.165) is 22.6 Å². The molecule has 0 amide bonds. The van der Waals surface area contributed by atoms with Gasteiger partial charge in [0.15, 0.2) is 5.15 Å². The van der Waals surface area contributed by atoms with Crippen LogP contribution in [-0.4, -0.2) is 15.0 Å². The summed E-state index contributed by atoms with van der Waals surface area (Å²) in [7, 11) is 0. The zero-order chi connectivity index (χ0) is 11.8. The van der Waals surface area contributed by atoms with Crippen molar-refractivity contribution in [2.24, 2.45) is 0 Å². The molecular formula is C12H9ClN4. The average Bonchev–Trinajstić information content (AvgIpc) is 2.75. The number of aromatic nitrogens is 3. The van der Waals surface area contributed by atoms with Crippen LogP contribution < -0.4 is 5.73 Å². The van der Waals surface area contributed by atoms with E-state index in [0.29, 0.717) is 10.7 Å². The highest BCUT2D eigenvalue weighted by atomic mass is 35.5. The van der Waals surface area contributed by atoms with Crippen LogP contribution in [0, 0.1) is 0 Å². The number of pyridine rings is 1. The van der Waals surface area contributed by atoms with Crippen molar-refractivity contribution >= 4 is 28.3 Å². The summed E-state index contributed by atoms with van der Waals surface area (Å²) in [6, 6.07) is 9.34. The third kappa shape index (κ3) is 1.72. The molecule has 0 aliphatic carbocycles. The van der Waals surface area contributed by atoms with Crippen LogP contribution in [-0.2, 0) is 0 Å². The standard InChI is InChI=1S/C12H9ClN4/c13-11-10-9(5-6-15-11)16-12(17-10)7-1-3-8(14)4-2-7/h1-6H,14H2,(H,16,17). The highest BCUT2D eigenvalue weighted by molar-refractivity contribution is 6.33. The Hall–Kier alpha value is -2.07. The van der Waals surface area contributed by atoms with E-state index < -0.39 is 0 Å². The Balaban J connectivity index is 2.18. The van der Waals surface area contributed by atoms with E-state index in [1.165, 1.54) is 0 Å². The number of aromatic amines is 1. The number of hydrogen-bond donors (Lipinski definition) is 2. The molecule has 0 radical (unpaired) electrons. The van der Waals surface area contributed by atoms with Crippen LogP contribution >= 0.6 is 11.6 Å². The fourth-order valence-electron chi connectivity index (χ4n) is 1.68. The summed E-state index contributed by atoms with van der Waals surface area (Å²) in [4.78, 5) is 11.6. The first-order chi connectivity index (χ1) is 8.24. The van der Waals surface area contributed by atoms with Crippen molar-refractivity contribution in [2.75, 3.05) is 5.73 Å². The molecule has 0 unspecified atom stereocenters. The van der Waals surface area contributed by atoms with Crippen molar-refractivity contribution in [3.8, 4) is 11.4 Å². The summed E-state index contributed by atoms with van der Waals surface area (Å²) in [6.07, 6.45) is 1.65. The van der Waals surface area contributed by atoms with Crippen molar-refractivity contribution in [3.05, 3.63) is 41.7 Å². The first-order valence-corrected chi connectivity index (χ1v) is 5.48. The number of anilines is 1. The fourth-order valence-corrected chi connectivity index (χ4v) is 1.88. The van der Waals surface area contributed by atoms with Gasteiger partial charge in [0.25, 0.3) is 0 Å². The number of benzene rings is 1. The molecule has 0 saturated heterocycles. The molecule has 5 heteroatoms. The molecule has 0 aliphatic heterocycles. The predicted octanol–water partition coefficient (Wildman–Crippen LogP) is 2.86. The molecule has 3 rings (SSSR count). The van der Waals surface area contributed by atoms with Crippen LogP contribution in [0.4, 0.5) is 5.69 Å². The number of halogens is 1. The number of nitrogens with one attached hydrogen (secondary N) is 1. The van der Waals surface area contributed by atoms with Gasteiger partial charge in [-0.05, 0) is 30.3 Å². The predicted molar refractivity (Wildman–Crippen MR) is 68.7 cm³/mol. The summed E-state index contributed by atoms with van der Waals surface area (Å²) < 4.78 is 0. The van der Waals surface area contributed by atoms with Crippen molar-refractivity contribution in [1.82, 2.24) is 15.0 Å². The van der Waals surface area contributed by atoms with Gasteiger partial charge in [-0.15, -0.1) is 0 Å². The van der Waals surface area contributed by atoms with Gasteiger partial charge in [-0.1, -0.05) is 11.6 Å². The molecule has 4 nitrogen and oxygen atoms in total. The Bertz CT molecular complexity index is 673. The molecule has 0 bridgehead atoms. The molecule has 2 heterocycles. The van der Waals surface area contributed by atoms with E-state index in [4.69, 9.17) is 17.3 Å². The zero-order valence-corrected chi connectivity index (χ0v) is 9.57. The number of nitrogen functional groups attached to an aromatic ring is 1. The van der Waals surface area contributed by atoms with Crippen LogP contribution in [0.25, 0.3) is 22.4 Å². The van der Waals surface area contributed by atoms with E-state index in [1.54, 1.807) is 6.20 Å². The molecular weight excluding hydrogens is 236 g/mol. The number of imidazole rings is 1. The van der Waals surface area contributed by atoms with Crippen molar-refractivity contribution in [3.63, 3.8) is 0 Å².